The Bertz CT molecular complexity index is 851. The summed E-state index contributed by atoms with van der Waals surface area (Å²) in [4.78, 5) is 28.6. The maximum absolute atomic E-state index is 14.3. The smallest absolute Gasteiger partial charge is 0.323 e. The number of carbonyl (C=O) groups excluding carboxylic acids is 2. The van der Waals surface area contributed by atoms with Gasteiger partial charge in [-0.05, 0) is 93.9 Å². The van der Waals surface area contributed by atoms with Crippen molar-refractivity contribution >= 4 is 11.9 Å². The Balaban J connectivity index is 1.86. The average molecular weight is 611 g/mol. The first-order chi connectivity index (χ1) is 19.9. The molecule has 0 aliphatic carbocycles. The summed E-state index contributed by atoms with van der Waals surface area (Å²) in [6, 6.07) is 0. The molecule has 1 unspecified atom stereocenters. The zero-order valence-electron chi connectivity index (χ0n) is 28.3. The number of carbonyl (C=O) groups is 2. The molecule has 0 bridgehead atoms. The molecule has 248 valence electrons. The van der Waals surface area contributed by atoms with Crippen molar-refractivity contribution in [3.63, 3.8) is 0 Å². The van der Waals surface area contributed by atoms with E-state index in [4.69, 9.17) is 18.9 Å². The fourth-order valence-electron chi connectivity index (χ4n) is 7.56. The minimum atomic E-state index is -1.52. The van der Waals surface area contributed by atoms with E-state index in [0.717, 1.165) is 35.8 Å². The molecule has 0 saturated carbocycles. The number of rotatable bonds is 12. The number of unbranched alkanes of at least 4 members (excludes halogenated alkanes) is 1. The highest BCUT2D eigenvalue weighted by molar-refractivity contribution is 6.00. The monoisotopic (exact) mass is 610 g/mol. The average Bonchev–Trinajstić information content (AvgIpc) is 2.90. The molecule has 10 heteroatoms. The van der Waals surface area contributed by atoms with Crippen LogP contribution in [0.2, 0.25) is 0 Å². The van der Waals surface area contributed by atoms with Gasteiger partial charge in [0.1, 0.15) is 12.2 Å². The SMILES string of the molecule is CCCCC(CCCOC1CCCCO1)(C(=O)OC1CC(C)(C)N([O])C(C)(C)C1)C(=O)OC1CC(C)(C)N([O])C(C)(C)C1. The molecule has 0 aromatic heterocycles. The number of nitrogens with zero attached hydrogens (tertiary/aromatic N) is 2. The van der Waals surface area contributed by atoms with Crippen molar-refractivity contribution in [2.45, 2.75) is 180 Å². The molecule has 3 saturated heterocycles. The van der Waals surface area contributed by atoms with Gasteiger partial charge in [0.05, 0.1) is 0 Å². The van der Waals surface area contributed by atoms with Gasteiger partial charge < -0.3 is 18.9 Å². The van der Waals surface area contributed by atoms with Crippen LogP contribution < -0.4 is 0 Å². The van der Waals surface area contributed by atoms with Crippen molar-refractivity contribution in [1.82, 2.24) is 10.1 Å². The lowest BCUT2D eigenvalue weighted by molar-refractivity contribution is -0.301. The fraction of sp³-hybridized carbons (Fsp3) is 0.939. The zero-order valence-corrected chi connectivity index (χ0v) is 28.3. The second-order valence-electron chi connectivity index (χ2n) is 15.7. The van der Waals surface area contributed by atoms with E-state index in [-0.39, 0.29) is 12.7 Å². The van der Waals surface area contributed by atoms with Crippen molar-refractivity contribution in [2.24, 2.45) is 5.41 Å². The van der Waals surface area contributed by atoms with Gasteiger partial charge in [-0.3, -0.25) is 9.59 Å². The van der Waals surface area contributed by atoms with Crippen molar-refractivity contribution in [2.75, 3.05) is 13.2 Å². The number of ether oxygens (including phenoxy) is 4. The first kappa shape index (κ1) is 36.2. The van der Waals surface area contributed by atoms with Crippen molar-refractivity contribution < 1.29 is 39.0 Å². The van der Waals surface area contributed by atoms with Crippen LogP contribution in [0, 0.1) is 5.41 Å². The number of hydrogen-bond donors (Lipinski definition) is 0. The lowest BCUT2D eigenvalue weighted by Gasteiger charge is -2.50. The molecule has 3 aliphatic rings. The molecule has 0 aromatic carbocycles. The number of hydroxylamine groups is 4. The molecule has 43 heavy (non-hydrogen) atoms. The van der Waals surface area contributed by atoms with E-state index in [1.54, 1.807) is 0 Å². The number of piperidine rings is 2. The molecule has 0 amide bonds. The van der Waals surface area contributed by atoms with Crippen LogP contribution in [0.1, 0.15) is 139 Å². The predicted octanol–water partition coefficient (Wildman–Crippen LogP) is 6.31. The van der Waals surface area contributed by atoms with E-state index >= 15 is 0 Å². The van der Waals surface area contributed by atoms with E-state index in [1.165, 1.54) is 0 Å². The maximum Gasteiger partial charge on any atom is 0.323 e. The first-order valence-electron chi connectivity index (χ1n) is 16.5. The predicted molar refractivity (Wildman–Crippen MR) is 160 cm³/mol. The Labute approximate surface area is 259 Å². The summed E-state index contributed by atoms with van der Waals surface area (Å²) in [5.41, 5.74) is -4.42. The van der Waals surface area contributed by atoms with Gasteiger partial charge in [-0.2, -0.15) is 0 Å². The van der Waals surface area contributed by atoms with Crippen LogP contribution in [0.25, 0.3) is 0 Å². The Kier molecular flexibility index (Phi) is 11.8. The van der Waals surface area contributed by atoms with Crippen LogP contribution in [-0.4, -0.2) is 75.9 Å². The molecular formula is C33H58N2O8. The third-order valence-corrected chi connectivity index (χ3v) is 9.58. The van der Waals surface area contributed by atoms with Crippen LogP contribution >= 0.6 is 0 Å². The molecule has 3 heterocycles. The standard InChI is InChI=1S/C33H58N2O8/c1-10-11-16-33(17-14-19-41-26-15-12-13-18-40-26,27(36)42-24-20-29(2,3)34(38)30(4,5)21-24)28(37)43-25-22-31(6,7)35(39)32(8,9)23-25/h24-26H,10-23H2,1-9H3. The van der Waals surface area contributed by atoms with E-state index in [0.29, 0.717) is 58.2 Å². The maximum atomic E-state index is 14.3. The van der Waals surface area contributed by atoms with E-state index in [1.807, 2.05) is 62.3 Å². The molecule has 3 aliphatic heterocycles. The third-order valence-electron chi connectivity index (χ3n) is 9.58. The van der Waals surface area contributed by atoms with Crippen LogP contribution in [-0.2, 0) is 39.0 Å². The van der Waals surface area contributed by atoms with Gasteiger partial charge in [0, 0.05) is 61.1 Å². The molecular weight excluding hydrogens is 552 g/mol. The summed E-state index contributed by atoms with van der Waals surface area (Å²) >= 11 is 0. The van der Waals surface area contributed by atoms with Gasteiger partial charge in [-0.1, -0.05) is 19.8 Å². The Morgan fingerprint density at radius 2 is 1.19 bits per heavy atom. The van der Waals surface area contributed by atoms with Gasteiger partial charge in [-0.25, -0.2) is 0 Å². The second kappa shape index (κ2) is 14.0. The highest BCUT2D eigenvalue weighted by Crippen LogP contribution is 2.43. The lowest BCUT2D eigenvalue weighted by atomic mass is 9.77. The molecule has 3 fully saturated rings. The van der Waals surface area contributed by atoms with E-state index in [2.05, 4.69) is 0 Å². The first-order valence-corrected chi connectivity index (χ1v) is 16.5. The highest BCUT2D eigenvalue weighted by atomic mass is 16.7. The summed E-state index contributed by atoms with van der Waals surface area (Å²) in [7, 11) is 0. The molecule has 0 N–H and O–H groups in total. The van der Waals surface area contributed by atoms with Crippen LogP contribution in [0.4, 0.5) is 0 Å². The minimum Gasteiger partial charge on any atom is -0.461 e. The number of hydrogen-bond acceptors (Lipinski definition) is 8. The highest BCUT2D eigenvalue weighted by Gasteiger charge is 2.54. The molecule has 10 nitrogen and oxygen atoms in total. The second-order valence-corrected chi connectivity index (χ2v) is 15.7. The summed E-state index contributed by atoms with van der Waals surface area (Å²) < 4.78 is 24.1. The minimum absolute atomic E-state index is 0.220. The summed E-state index contributed by atoms with van der Waals surface area (Å²) in [6.45, 7) is 17.9. The van der Waals surface area contributed by atoms with Gasteiger partial charge in [-0.15, -0.1) is 20.5 Å². The van der Waals surface area contributed by atoms with Crippen LogP contribution in [0.3, 0.4) is 0 Å². The lowest BCUT2D eigenvalue weighted by Crippen LogP contribution is -2.61. The van der Waals surface area contributed by atoms with Crippen molar-refractivity contribution in [3.8, 4) is 0 Å². The van der Waals surface area contributed by atoms with E-state index < -0.39 is 51.7 Å². The van der Waals surface area contributed by atoms with Crippen molar-refractivity contribution in [1.29, 1.82) is 0 Å². The summed E-state index contributed by atoms with van der Waals surface area (Å²) in [6.07, 6.45) is 5.51. The summed E-state index contributed by atoms with van der Waals surface area (Å²) in [5.74, 6) is -1.17. The van der Waals surface area contributed by atoms with Crippen LogP contribution in [0.15, 0.2) is 0 Å². The van der Waals surface area contributed by atoms with Gasteiger partial charge in [0.15, 0.2) is 11.7 Å². The van der Waals surface area contributed by atoms with E-state index in [9.17, 15) is 20.0 Å². The Morgan fingerprint density at radius 1 is 0.744 bits per heavy atom. The zero-order chi connectivity index (χ0) is 32.3. The third kappa shape index (κ3) is 8.70. The van der Waals surface area contributed by atoms with Gasteiger partial charge >= 0.3 is 11.9 Å². The Morgan fingerprint density at radius 3 is 1.58 bits per heavy atom. The topological polar surface area (TPSA) is 117 Å². The molecule has 0 spiro atoms. The summed E-state index contributed by atoms with van der Waals surface area (Å²) in [5, 5.41) is 28.1. The normalized spacial score (nSPS) is 26.6. The molecule has 3 rings (SSSR count). The van der Waals surface area contributed by atoms with Crippen molar-refractivity contribution in [3.05, 3.63) is 0 Å². The molecule has 0 aromatic rings. The number of esters is 2. The molecule has 2 radical (unpaired) electrons. The molecule has 1 atom stereocenters. The van der Waals surface area contributed by atoms with Gasteiger partial charge in [0.2, 0.25) is 0 Å². The quantitative estimate of drug-likeness (QED) is 0.143. The Hall–Kier alpha value is -1.30. The fourth-order valence-corrected chi connectivity index (χ4v) is 7.56. The van der Waals surface area contributed by atoms with Gasteiger partial charge in [0.25, 0.3) is 0 Å². The van der Waals surface area contributed by atoms with Crippen LogP contribution in [0.5, 0.6) is 0 Å². The largest absolute Gasteiger partial charge is 0.461 e.